The summed E-state index contributed by atoms with van der Waals surface area (Å²) in [5, 5.41) is 5.24. The molecule has 156 valence electrons. The molecule has 8 heteroatoms. The van der Waals surface area contributed by atoms with Crippen molar-refractivity contribution < 1.29 is 14.4 Å². The molecule has 0 saturated heterocycles. The molecular formula is C23H20N4O3S. The first kappa shape index (κ1) is 21.7. The van der Waals surface area contributed by atoms with Gasteiger partial charge in [0.1, 0.15) is 0 Å². The van der Waals surface area contributed by atoms with Crippen LogP contribution >= 0.6 is 12.2 Å². The molecule has 0 spiro atoms. The molecule has 3 rings (SSSR count). The van der Waals surface area contributed by atoms with Gasteiger partial charge in [0.15, 0.2) is 5.11 Å². The van der Waals surface area contributed by atoms with Gasteiger partial charge >= 0.3 is 0 Å². The maximum absolute atomic E-state index is 12.3. The minimum atomic E-state index is -0.451. The fourth-order valence-corrected chi connectivity index (χ4v) is 2.86. The minimum absolute atomic E-state index is 0.0339. The van der Waals surface area contributed by atoms with E-state index in [0.29, 0.717) is 22.4 Å². The van der Waals surface area contributed by atoms with Crippen LogP contribution < -0.4 is 21.5 Å². The van der Waals surface area contributed by atoms with Crippen molar-refractivity contribution >= 4 is 40.7 Å². The lowest BCUT2D eigenvalue weighted by atomic mass is 10.1. The van der Waals surface area contributed by atoms with E-state index < -0.39 is 5.91 Å². The molecular weight excluding hydrogens is 412 g/mol. The molecule has 0 aliphatic rings. The molecule has 0 aliphatic carbocycles. The Morgan fingerprint density at radius 1 is 0.677 bits per heavy atom. The van der Waals surface area contributed by atoms with Crippen molar-refractivity contribution in [2.24, 2.45) is 0 Å². The summed E-state index contributed by atoms with van der Waals surface area (Å²) in [6, 6.07) is 22.3. The van der Waals surface area contributed by atoms with Gasteiger partial charge in [-0.25, -0.2) is 0 Å². The molecule has 3 aromatic carbocycles. The first-order valence-electron chi connectivity index (χ1n) is 9.38. The van der Waals surface area contributed by atoms with Gasteiger partial charge in [-0.05, 0) is 67.2 Å². The summed E-state index contributed by atoms with van der Waals surface area (Å²) in [5.41, 5.74) is 7.66. The number of hydrogen-bond donors (Lipinski definition) is 4. The maximum Gasteiger partial charge on any atom is 0.269 e. The smallest absolute Gasteiger partial charge is 0.269 e. The van der Waals surface area contributed by atoms with Gasteiger partial charge in [0.05, 0.1) is 0 Å². The molecule has 7 nitrogen and oxygen atoms in total. The van der Waals surface area contributed by atoms with Crippen molar-refractivity contribution in [1.82, 2.24) is 16.2 Å². The lowest BCUT2D eigenvalue weighted by Crippen LogP contribution is -2.48. The van der Waals surface area contributed by atoms with Gasteiger partial charge < -0.3 is 5.32 Å². The van der Waals surface area contributed by atoms with Gasteiger partial charge in [0.2, 0.25) is 0 Å². The van der Waals surface area contributed by atoms with Crippen molar-refractivity contribution in [3.8, 4) is 0 Å². The lowest BCUT2D eigenvalue weighted by Gasteiger charge is -2.12. The van der Waals surface area contributed by atoms with Crippen molar-refractivity contribution in [3.63, 3.8) is 0 Å². The Hall–Kier alpha value is -4.04. The summed E-state index contributed by atoms with van der Waals surface area (Å²) in [5.74, 6) is -1.06. The van der Waals surface area contributed by atoms with E-state index in [1.165, 1.54) is 0 Å². The van der Waals surface area contributed by atoms with Crippen LogP contribution in [0.2, 0.25) is 0 Å². The lowest BCUT2D eigenvalue weighted by molar-refractivity contribution is 0.0934. The van der Waals surface area contributed by atoms with E-state index >= 15 is 0 Å². The number of rotatable bonds is 4. The third-order valence-electron chi connectivity index (χ3n) is 4.35. The van der Waals surface area contributed by atoms with E-state index in [2.05, 4.69) is 21.5 Å². The fourth-order valence-electron chi connectivity index (χ4n) is 2.71. The van der Waals surface area contributed by atoms with Crippen LogP contribution in [0.4, 0.5) is 5.69 Å². The molecule has 0 fully saturated rings. The van der Waals surface area contributed by atoms with Gasteiger partial charge in [0, 0.05) is 22.4 Å². The van der Waals surface area contributed by atoms with Crippen LogP contribution in [0.25, 0.3) is 0 Å². The molecule has 0 atom stereocenters. The number of hydrogen-bond acceptors (Lipinski definition) is 4. The molecule has 0 aromatic heterocycles. The van der Waals surface area contributed by atoms with Crippen molar-refractivity contribution in [2.75, 3.05) is 5.32 Å². The zero-order chi connectivity index (χ0) is 22.2. The summed E-state index contributed by atoms with van der Waals surface area (Å²) in [6.07, 6.45) is 0. The number of nitrogens with one attached hydrogen (secondary N) is 4. The number of carbonyl (C=O) groups is 3. The van der Waals surface area contributed by atoms with Crippen LogP contribution in [0.1, 0.15) is 36.6 Å². The molecule has 0 radical (unpaired) electrons. The zero-order valence-corrected chi connectivity index (χ0v) is 17.5. The Kier molecular flexibility index (Phi) is 7.08. The highest BCUT2D eigenvalue weighted by Gasteiger charge is 2.11. The predicted molar refractivity (Wildman–Crippen MR) is 123 cm³/mol. The molecule has 0 heterocycles. The monoisotopic (exact) mass is 432 g/mol. The van der Waals surface area contributed by atoms with E-state index in [1.54, 1.807) is 60.7 Å². The van der Waals surface area contributed by atoms with E-state index in [1.807, 2.05) is 25.1 Å². The number of benzene rings is 3. The summed E-state index contributed by atoms with van der Waals surface area (Å²) >= 11 is 5.05. The second-order valence-corrected chi connectivity index (χ2v) is 6.98. The Morgan fingerprint density at radius 3 is 1.97 bits per heavy atom. The van der Waals surface area contributed by atoms with Gasteiger partial charge in [-0.3, -0.25) is 30.6 Å². The Morgan fingerprint density at radius 2 is 1.29 bits per heavy atom. The first-order valence-corrected chi connectivity index (χ1v) is 9.78. The number of carbonyl (C=O) groups excluding carboxylic acids is 3. The number of thiocarbonyl (C=S) groups is 1. The summed E-state index contributed by atoms with van der Waals surface area (Å²) in [4.78, 5) is 36.7. The van der Waals surface area contributed by atoms with Gasteiger partial charge in [-0.2, -0.15) is 0 Å². The Labute approximate surface area is 184 Å². The topological polar surface area (TPSA) is 99.3 Å². The minimum Gasteiger partial charge on any atom is -0.322 e. The number of hydrazine groups is 1. The first-order chi connectivity index (χ1) is 14.9. The third-order valence-corrected chi connectivity index (χ3v) is 4.55. The summed E-state index contributed by atoms with van der Waals surface area (Å²) < 4.78 is 0. The third kappa shape index (κ3) is 5.97. The van der Waals surface area contributed by atoms with Gasteiger partial charge in [-0.1, -0.05) is 36.4 Å². The second kappa shape index (κ2) is 10.1. The van der Waals surface area contributed by atoms with Crippen LogP contribution in [0, 0.1) is 6.92 Å². The van der Waals surface area contributed by atoms with E-state index in [0.717, 1.165) is 5.56 Å². The number of aryl methyl sites for hydroxylation is 1. The molecule has 3 aromatic rings. The summed E-state index contributed by atoms with van der Waals surface area (Å²) in [6.45, 7) is 1.82. The molecule has 0 unspecified atom stereocenters. The molecule has 0 bridgehead atoms. The average Bonchev–Trinajstić information content (AvgIpc) is 2.78. The predicted octanol–water partition coefficient (Wildman–Crippen LogP) is 3.20. The van der Waals surface area contributed by atoms with Crippen LogP contribution in [-0.4, -0.2) is 22.8 Å². The highest BCUT2D eigenvalue weighted by atomic mass is 32.1. The maximum atomic E-state index is 12.3. The van der Waals surface area contributed by atoms with Gasteiger partial charge in [0.25, 0.3) is 17.7 Å². The molecule has 0 saturated carbocycles. The van der Waals surface area contributed by atoms with Crippen molar-refractivity contribution in [2.45, 2.75) is 6.92 Å². The highest BCUT2D eigenvalue weighted by Crippen LogP contribution is 2.11. The van der Waals surface area contributed by atoms with E-state index in [9.17, 15) is 14.4 Å². The van der Waals surface area contributed by atoms with Crippen LogP contribution in [0.15, 0.2) is 78.9 Å². The van der Waals surface area contributed by atoms with Crippen molar-refractivity contribution in [3.05, 3.63) is 101 Å². The largest absolute Gasteiger partial charge is 0.322 e. The number of amides is 3. The fraction of sp³-hybridized carbons (Fsp3) is 0.0435. The molecule has 0 aliphatic heterocycles. The van der Waals surface area contributed by atoms with E-state index in [4.69, 9.17) is 12.2 Å². The van der Waals surface area contributed by atoms with Crippen LogP contribution in [-0.2, 0) is 0 Å². The Bertz CT molecular complexity index is 1120. The molecule has 4 N–H and O–H groups in total. The van der Waals surface area contributed by atoms with Crippen molar-refractivity contribution in [1.29, 1.82) is 0 Å². The Balaban J connectivity index is 1.50. The van der Waals surface area contributed by atoms with Crippen LogP contribution in [0.3, 0.4) is 0 Å². The summed E-state index contributed by atoms with van der Waals surface area (Å²) in [7, 11) is 0. The van der Waals surface area contributed by atoms with E-state index in [-0.39, 0.29) is 16.9 Å². The average molecular weight is 433 g/mol. The standard InChI is InChI=1S/C23H20N4O3S/c1-15-7-5-6-10-19(15)22(30)25-23(31)27-26-21(29)17-11-13-18(14-12-17)24-20(28)16-8-3-2-4-9-16/h2-14H,1H3,(H,24,28)(H,26,29)(H2,25,27,30,31). The van der Waals surface area contributed by atoms with Gasteiger partial charge in [-0.15, -0.1) is 0 Å². The van der Waals surface area contributed by atoms with Crippen LogP contribution in [0.5, 0.6) is 0 Å². The number of anilines is 1. The molecule has 3 amide bonds. The second-order valence-electron chi connectivity index (χ2n) is 6.57. The quantitative estimate of drug-likeness (QED) is 0.375. The SMILES string of the molecule is Cc1ccccc1C(=O)NC(=S)NNC(=O)c1ccc(NC(=O)c2ccccc2)cc1. The zero-order valence-electron chi connectivity index (χ0n) is 16.6. The molecule has 31 heavy (non-hydrogen) atoms. The highest BCUT2D eigenvalue weighted by molar-refractivity contribution is 7.80. The normalized spacial score (nSPS) is 9.97.